The molecule has 0 bridgehead atoms. The third kappa shape index (κ3) is 3.00. The summed E-state index contributed by atoms with van der Waals surface area (Å²) in [7, 11) is 0. The summed E-state index contributed by atoms with van der Waals surface area (Å²) in [5.41, 5.74) is 0. The molecule has 1 rings (SSSR count). The Morgan fingerprint density at radius 2 is 2.55 bits per heavy atom. The van der Waals surface area contributed by atoms with E-state index in [0.29, 0.717) is 0 Å². The molecule has 0 aliphatic carbocycles. The van der Waals surface area contributed by atoms with Crippen molar-refractivity contribution in [3.05, 3.63) is 28.6 Å². The van der Waals surface area contributed by atoms with Gasteiger partial charge in [0.25, 0.3) is 0 Å². The molecule has 0 spiro atoms. The summed E-state index contributed by atoms with van der Waals surface area (Å²) < 4.78 is 0. The number of thiophene rings is 1. The number of hydrogen-bond acceptors (Lipinski definition) is 2. The average Bonchev–Trinajstić information content (AvgIpc) is 2.39. The molecule has 11 heavy (non-hydrogen) atoms. The van der Waals surface area contributed by atoms with Crippen molar-refractivity contribution in [3.8, 4) is 0 Å². The van der Waals surface area contributed by atoms with Gasteiger partial charge in [-0.2, -0.15) is 0 Å². The van der Waals surface area contributed by atoms with Crippen LogP contribution in [-0.2, 0) is 4.79 Å². The van der Waals surface area contributed by atoms with Crippen molar-refractivity contribution in [2.45, 2.75) is 6.92 Å². The SMILES string of the molecule is CC(=O)N/C=C\c1cccs1. The molecule has 0 atom stereocenters. The predicted octanol–water partition coefficient (Wildman–Crippen LogP) is 1.85. The third-order valence-electron chi connectivity index (χ3n) is 1.08. The van der Waals surface area contributed by atoms with Gasteiger partial charge in [0.15, 0.2) is 0 Å². The number of amides is 1. The van der Waals surface area contributed by atoms with Crippen LogP contribution in [0.3, 0.4) is 0 Å². The largest absolute Gasteiger partial charge is 0.333 e. The monoisotopic (exact) mass is 167 g/mol. The molecule has 0 fully saturated rings. The van der Waals surface area contributed by atoms with E-state index in [2.05, 4.69) is 5.32 Å². The highest BCUT2D eigenvalue weighted by molar-refractivity contribution is 7.10. The zero-order valence-corrected chi connectivity index (χ0v) is 7.02. The zero-order valence-electron chi connectivity index (χ0n) is 6.20. The first-order valence-electron chi connectivity index (χ1n) is 3.26. The Labute approximate surface area is 69.6 Å². The van der Waals surface area contributed by atoms with Gasteiger partial charge in [-0.05, 0) is 17.5 Å². The van der Waals surface area contributed by atoms with Gasteiger partial charge in [-0.15, -0.1) is 11.3 Å². The number of carbonyl (C=O) groups is 1. The Hall–Kier alpha value is -1.09. The molecule has 1 aromatic rings. The van der Waals surface area contributed by atoms with E-state index in [0.717, 1.165) is 4.88 Å². The lowest BCUT2D eigenvalue weighted by molar-refractivity contribution is -0.118. The highest BCUT2D eigenvalue weighted by atomic mass is 32.1. The molecule has 1 amide bonds. The van der Waals surface area contributed by atoms with Crippen molar-refractivity contribution >= 4 is 23.3 Å². The molecule has 1 N–H and O–H groups in total. The quantitative estimate of drug-likeness (QED) is 0.715. The third-order valence-corrected chi connectivity index (χ3v) is 1.91. The molecule has 0 aromatic carbocycles. The van der Waals surface area contributed by atoms with Crippen LogP contribution in [0.15, 0.2) is 23.7 Å². The summed E-state index contributed by atoms with van der Waals surface area (Å²) in [5.74, 6) is -0.0437. The van der Waals surface area contributed by atoms with Crippen LogP contribution in [0, 0.1) is 0 Å². The van der Waals surface area contributed by atoms with Crippen LogP contribution in [0.5, 0.6) is 0 Å². The van der Waals surface area contributed by atoms with Crippen LogP contribution >= 0.6 is 11.3 Å². The molecule has 1 aromatic heterocycles. The van der Waals surface area contributed by atoms with Crippen molar-refractivity contribution in [1.29, 1.82) is 0 Å². The van der Waals surface area contributed by atoms with Gasteiger partial charge in [0.05, 0.1) is 0 Å². The Morgan fingerprint density at radius 1 is 1.73 bits per heavy atom. The lowest BCUT2D eigenvalue weighted by atomic mass is 10.4. The van der Waals surface area contributed by atoms with Crippen molar-refractivity contribution in [2.75, 3.05) is 0 Å². The molecule has 1 heterocycles. The minimum Gasteiger partial charge on any atom is -0.333 e. The lowest BCUT2D eigenvalue weighted by Gasteiger charge is -1.88. The molecular formula is C8H9NOS. The van der Waals surface area contributed by atoms with Gasteiger partial charge >= 0.3 is 0 Å². The van der Waals surface area contributed by atoms with Crippen LogP contribution in [-0.4, -0.2) is 5.91 Å². The fraction of sp³-hybridized carbons (Fsp3) is 0.125. The van der Waals surface area contributed by atoms with Crippen LogP contribution in [0.1, 0.15) is 11.8 Å². The first kappa shape index (κ1) is 8.01. The van der Waals surface area contributed by atoms with Crippen molar-refractivity contribution in [2.24, 2.45) is 0 Å². The summed E-state index contributed by atoms with van der Waals surface area (Å²) in [6.45, 7) is 1.48. The van der Waals surface area contributed by atoms with E-state index >= 15 is 0 Å². The molecule has 0 radical (unpaired) electrons. The number of rotatable bonds is 2. The molecule has 0 unspecified atom stereocenters. The van der Waals surface area contributed by atoms with Crippen LogP contribution in [0.4, 0.5) is 0 Å². The van der Waals surface area contributed by atoms with E-state index in [-0.39, 0.29) is 5.91 Å². The van der Waals surface area contributed by atoms with Crippen molar-refractivity contribution in [1.82, 2.24) is 5.32 Å². The first-order valence-corrected chi connectivity index (χ1v) is 4.14. The van der Waals surface area contributed by atoms with Gasteiger partial charge < -0.3 is 5.32 Å². The van der Waals surface area contributed by atoms with Gasteiger partial charge in [-0.1, -0.05) is 6.07 Å². The summed E-state index contributed by atoms with van der Waals surface area (Å²) >= 11 is 1.64. The van der Waals surface area contributed by atoms with E-state index in [4.69, 9.17) is 0 Å². The second-order valence-electron chi connectivity index (χ2n) is 2.05. The van der Waals surface area contributed by atoms with Gasteiger partial charge in [0, 0.05) is 18.0 Å². The van der Waals surface area contributed by atoms with E-state index in [1.54, 1.807) is 17.5 Å². The van der Waals surface area contributed by atoms with E-state index in [9.17, 15) is 4.79 Å². The molecule has 0 aliphatic rings. The molecule has 0 aliphatic heterocycles. The van der Waals surface area contributed by atoms with Crippen LogP contribution in [0.2, 0.25) is 0 Å². The molecular weight excluding hydrogens is 158 g/mol. The maximum Gasteiger partial charge on any atom is 0.220 e. The van der Waals surface area contributed by atoms with Crippen LogP contribution in [0.25, 0.3) is 6.08 Å². The van der Waals surface area contributed by atoms with Gasteiger partial charge in [-0.25, -0.2) is 0 Å². The standard InChI is InChI=1S/C8H9NOS/c1-7(10)9-5-4-8-3-2-6-11-8/h2-6H,1H3,(H,9,10)/b5-4-. The minimum absolute atomic E-state index is 0.0437. The maximum atomic E-state index is 10.4. The molecule has 0 saturated heterocycles. The highest BCUT2D eigenvalue weighted by Gasteiger charge is 1.85. The summed E-state index contributed by atoms with van der Waals surface area (Å²) in [5, 5.41) is 4.56. The average molecular weight is 167 g/mol. The molecule has 2 nitrogen and oxygen atoms in total. The van der Waals surface area contributed by atoms with Crippen molar-refractivity contribution in [3.63, 3.8) is 0 Å². The topological polar surface area (TPSA) is 29.1 Å². The predicted molar refractivity (Wildman–Crippen MR) is 47.2 cm³/mol. The summed E-state index contributed by atoms with van der Waals surface area (Å²) in [6, 6.07) is 3.96. The first-order chi connectivity index (χ1) is 5.29. The summed E-state index contributed by atoms with van der Waals surface area (Å²) in [6.07, 6.45) is 3.51. The van der Waals surface area contributed by atoms with Gasteiger partial charge in [-0.3, -0.25) is 4.79 Å². The Morgan fingerprint density at radius 3 is 3.09 bits per heavy atom. The normalized spacial score (nSPS) is 10.3. The second-order valence-corrected chi connectivity index (χ2v) is 3.03. The van der Waals surface area contributed by atoms with E-state index in [1.807, 2.05) is 23.6 Å². The lowest BCUT2D eigenvalue weighted by Crippen LogP contribution is -2.10. The molecule has 0 saturated carbocycles. The maximum absolute atomic E-state index is 10.4. The fourth-order valence-corrected chi connectivity index (χ4v) is 1.25. The summed E-state index contributed by atoms with van der Waals surface area (Å²) in [4.78, 5) is 11.6. The van der Waals surface area contributed by atoms with E-state index < -0.39 is 0 Å². The Kier molecular flexibility index (Phi) is 2.86. The zero-order chi connectivity index (χ0) is 8.10. The minimum atomic E-state index is -0.0437. The highest BCUT2D eigenvalue weighted by Crippen LogP contribution is 2.09. The van der Waals surface area contributed by atoms with Gasteiger partial charge in [0.1, 0.15) is 0 Å². The van der Waals surface area contributed by atoms with Crippen LogP contribution < -0.4 is 5.32 Å². The Bertz CT molecular complexity index is 251. The number of hydrogen-bond donors (Lipinski definition) is 1. The number of carbonyl (C=O) groups excluding carboxylic acids is 1. The Balaban J connectivity index is 2.43. The fourth-order valence-electron chi connectivity index (χ4n) is 0.627. The molecule has 3 heteroatoms. The molecule has 58 valence electrons. The number of nitrogens with one attached hydrogen (secondary N) is 1. The van der Waals surface area contributed by atoms with E-state index in [1.165, 1.54) is 6.92 Å². The smallest absolute Gasteiger partial charge is 0.220 e. The van der Waals surface area contributed by atoms with Crippen molar-refractivity contribution < 1.29 is 4.79 Å². The second kappa shape index (κ2) is 3.93. The van der Waals surface area contributed by atoms with Gasteiger partial charge in [0.2, 0.25) is 5.91 Å².